The third-order valence-corrected chi connectivity index (χ3v) is 9.29. The second-order valence-electron chi connectivity index (χ2n) is 15.5. The summed E-state index contributed by atoms with van der Waals surface area (Å²) in [6.07, 6.45) is 16.1. The van der Waals surface area contributed by atoms with Crippen molar-refractivity contribution in [3.05, 3.63) is 0 Å². The van der Waals surface area contributed by atoms with Gasteiger partial charge in [-0.15, -0.1) is 0 Å². The maximum absolute atomic E-state index is 12.8. The first-order valence-electron chi connectivity index (χ1n) is 22.1. The van der Waals surface area contributed by atoms with E-state index >= 15 is 0 Å². The summed E-state index contributed by atoms with van der Waals surface area (Å²) in [6.45, 7) is 4.99. The molecule has 342 valence electrons. The molecule has 0 aromatic rings. The van der Waals surface area contributed by atoms with Crippen LogP contribution in [0.1, 0.15) is 168 Å². The molecule has 0 aliphatic heterocycles. The van der Waals surface area contributed by atoms with E-state index in [1.54, 1.807) is 0 Å². The monoisotopic (exact) mass is 844 g/mol. The van der Waals surface area contributed by atoms with Crippen molar-refractivity contribution in [3.8, 4) is 0 Å². The highest BCUT2D eigenvalue weighted by molar-refractivity contribution is 5.92. The Labute approximate surface area is 353 Å². The fourth-order valence-electron chi connectivity index (χ4n) is 5.66. The number of carbonyl (C=O) groups excluding carboxylic acids is 7. The molecular weight excluding hydrogens is 766 g/mol. The van der Waals surface area contributed by atoms with Gasteiger partial charge in [0.2, 0.25) is 0 Å². The predicted molar refractivity (Wildman–Crippen MR) is 221 cm³/mol. The number of nitrogens with zero attached hydrogens (tertiary/aromatic N) is 1. The van der Waals surface area contributed by atoms with Crippen molar-refractivity contribution in [2.24, 2.45) is 5.41 Å². The summed E-state index contributed by atoms with van der Waals surface area (Å²) in [5.41, 5.74) is -1.69. The summed E-state index contributed by atoms with van der Waals surface area (Å²) in [7, 11) is 3.71. The molecule has 0 atom stereocenters. The standard InChI is InChI=1S/C44H77NO14/c1-6-9-12-15-18-21-27-53-38(47)30-41(50)57-34-44(33-56-37(46)25-24-26-45(4)5,35-58-42(51)31-39(48)54-28-22-19-16-13-10-7-2)36-59-43(52)32-40(49)55-29-23-20-17-14-11-8-3/h6-36H2,1-5H3. The summed E-state index contributed by atoms with van der Waals surface area (Å²) >= 11 is 0. The molecule has 0 spiro atoms. The Kier molecular flexibility index (Phi) is 34.9. The highest BCUT2D eigenvalue weighted by Crippen LogP contribution is 2.23. The first-order chi connectivity index (χ1) is 28.4. The van der Waals surface area contributed by atoms with Crippen LogP contribution in [0.5, 0.6) is 0 Å². The molecule has 0 N–H and O–H groups in total. The van der Waals surface area contributed by atoms with E-state index in [9.17, 15) is 33.6 Å². The smallest absolute Gasteiger partial charge is 0.317 e. The molecule has 0 saturated heterocycles. The van der Waals surface area contributed by atoms with Crippen LogP contribution in [0.2, 0.25) is 0 Å². The molecule has 0 aromatic heterocycles. The minimum absolute atomic E-state index is 0.0347. The van der Waals surface area contributed by atoms with Crippen molar-refractivity contribution in [2.75, 3.05) is 66.9 Å². The third kappa shape index (κ3) is 34.8. The lowest BCUT2D eigenvalue weighted by Crippen LogP contribution is -2.44. The van der Waals surface area contributed by atoms with Crippen LogP contribution in [0.15, 0.2) is 0 Å². The molecule has 0 unspecified atom stereocenters. The molecule has 0 fully saturated rings. The van der Waals surface area contributed by atoms with E-state index in [1.807, 2.05) is 19.0 Å². The highest BCUT2D eigenvalue weighted by Gasteiger charge is 2.38. The van der Waals surface area contributed by atoms with E-state index in [1.165, 1.54) is 0 Å². The molecule has 15 heteroatoms. The summed E-state index contributed by atoms with van der Waals surface area (Å²) in [5, 5.41) is 0. The molecular formula is C44H77NO14. The first kappa shape index (κ1) is 55.2. The van der Waals surface area contributed by atoms with E-state index in [0.717, 1.165) is 96.3 Å². The van der Waals surface area contributed by atoms with E-state index in [4.69, 9.17) is 33.2 Å². The van der Waals surface area contributed by atoms with E-state index in [0.29, 0.717) is 32.2 Å². The molecule has 0 amide bonds. The fourth-order valence-corrected chi connectivity index (χ4v) is 5.66. The van der Waals surface area contributed by atoms with Gasteiger partial charge < -0.3 is 38.1 Å². The molecule has 15 nitrogen and oxygen atoms in total. The Hall–Kier alpha value is -3.75. The zero-order valence-corrected chi connectivity index (χ0v) is 37.1. The van der Waals surface area contributed by atoms with Gasteiger partial charge in [0.05, 0.1) is 19.8 Å². The molecule has 0 saturated carbocycles. The Morgan fingerprint density at radius 1 is 0.356 bits per heavy atom. The van der Waals surface area contributed by atoms with Crippen molar-refractivity contribution in [1.29, 1.82) is 0 Å². The quantitative estimate of drug-likeness (QED) is 0.0258. The fraction of sp³-hybridized carbons (Fsp3) is 0.841. The van der Waals surface area contributed by atoms with Crippen molar-refractivity contribution in [1.82, 2.24) is 4.90 Å². The van der Waals surface area contributed by atoms with Gasteiger partial charge in [0.1, 0.15) is 51.1 Å². The Morgan fingerprint density at radius 2 is 0.627 bits per heavy atom. The van der Waals surface area contributed by atoms with Gasteiger partial charge in [-0.05, 0) is 46.3 Å². The van der Waals surface area contributed by atoms with Crippen molar-refractivity contribution in [3.63, 3.8) is 0 Å². The zero-order chi connectivity index (χ0) is 44.0. The number of hydrogen-bond donors (Lipinski definition) is 0. The van der Waals surface area contributed by atoms with Crippen LogP contribution in [-0.2, 0) is 66.7 Å². The lowest BCUT2D eigenvalue weighted by atomic mass is 9.92. The lowest BCUT2D eigenvalue weighted by Gasteiger charge is -2.31. The predicted octanol–water partition coefficient (Wildman–Crippen LogP) is 7.37. The van der Waals surface area contributed by atoms with Gasteiger partial charge in [-0.2, -0.15) is 0 Å². The average molecular weight is 844 g/mol. The summed E-state index contributed by atoms with van der Waals surface area (Å²) < 4.78 is 37.4. The van der Waals surface area contributed by atoms with Gasteiger partial charge in [0.15, 0.2) is 0 Å². The van der Waals surface area contributed by atoms with Crippen LogP contribution < -0.4 is 0 Å². The maximum atomic E-state index is 12.8. The number of carbonyl (C=O) groups is 7. The lowest BCUT2D eigenvalue weighted by molar-refractivity contribution is -0.172. The number of rotatable bonds is 39. The van der Waals surface area contributed by atoms with Gasteiger partial charge >= 0.3 is 41.8 Å². The molecule has 0 rings (SSSR count). The molecule has 0 aliphatic carbocycles. The van der Waals surface area contributed by atoms with Crippen molar-refractivity contribution >= 4 is 41.8 Å². The van der Waals surface area contributed by atoms with E-state index in [-0.39, 0.29) is 26.2 Å². The van der Waals surface area contributed by atoms with Crippen molar-refractivity contribution in [2.45, 2.75) is 168 Å². The number of esters is 7. The Balaban J connectivity index is 5.73. The SMILES string of the molecule is CCCCCCCCOC(=O)CC(=O)OCC(COC(=O)CCCN(C)C)(COC(=O)CC(=O)OCCCCCCCC)COC(=O)CC(=O)OCCCCCCCC. The molecule has 0 aromatic carbocycles. The second kappa shape index (κ2) is 37.3. The molecule has 59 heavy (non-hydrogen) atoms. The topological polar surface area (TPSA) is 187 Å². The molecule has 0 heterocycles. The highest BCUT2D eigenvalue weighted by atomic mass is 16.6. The maximum Gasteiger partial charge on any atom is 0.317 e. The van der Waals surface area contributed by atoms with Gasteiger partial charge in [-0.1, -0.05) is 117 Å². The van der Waals surface area contributed by atoms with Crippen LogP contribution in [0.4, 0.5) is 0 Å². The number of hydrogen-bond acceptors (Lipinski definition) is 15. The summed E-state index contributed by atoms with van der Waals surface area (Å²) in [4.78, 5) is 90.4. The van der Waals surface area contributed by atoms with Crippen molar-refractivity contribution < 1.29 is 66.7 Å². The molecule has 0 aliphatic rings. The van der Waals surface area contributed by atoms with Gasteiger partial charge in [-0.25, -0.2) is 0 Å². The summed E-state index contributed by atoms with van der Waals surface area (Å²) in [6, 6.07) is 0. The second-order valence-corrected chi connectivity index (χ2v) is 15.5. The Bertz CT molecular complexity index is 1060. The normalized spacial score (nSPS) is 11.2. The van der Waals surface area contributed by atoms with Crippen LogP contribution in [-0.4, -0.2) is 114 Å². The van der Waals surface area contributed by atoms with E-state index < -0.39 is 92.9 Å². The van der Waals surface area contributed by atoms with E-state index in [2.05, 4.69) is 20.8 Å². The first-order valence-corrected chi connectivity index (χ1v) is 22.1. The van der Waals surface area contributed by atoms with Gasteiger partial charge in [0, 0.05) is 6.42 Å². The third-order valence-electron chi connectivity index (χ3n) is 9.29. The van der Waals surface area contributed by atoms with Crippen LogP contribution in [0.3, 0.4) is 0 Å². The number of unbranched alkanes of at least 4 members (excludes halogenated alkanes) is 15. The van der Waals surface area contributed by atoms with Crippen LogP contribution in [0, 0.1) is 5.41 Å². The summed E-state index contributed by atoms with van der Waals surface area (Å²) in [5.74, 6) is -5.93. The van der Waals surface area contributed by atoms with Crippen LogP contribution in [0.25, 0.3) is 0 Å². The van der Waals surface area contributed by atoms with Crippen LogP contribution >= 0.6 is 0 Å². The Morgan fingerprint density at radius 3 is 0.932 bits per heavy atom. The van der Waals surface area contributed by atoms with Gasteiger partial charge in [0.25, 0.3) is 0 Å². The average Bonchev–Trinajstić information content (AvgIpc) is 3.19. The minimum atomic E-state index is -1.69. The number of ether oxygens (including phenoxy) is 7. The zero-order valence-electron chi connectivity index (χ0n) is 37.1. The molecule has 0 bridgehead atoms. The minimum Gasteiger partial charge on any atom is -0.465 e. The van der Waals surface area contributed by atoms with Gasteiger partial charge in [-0.3, -0.25) is 33.6 Å². The molecule has 0 radical (unpaired) electrons. The largest absolute Gasteiger partial charge is 0.465 e.